The Bertz CT molecular complexity index is 568. The molecule has 1 aromatic carbocycles. The van der Waals surface area contributed by atoms with E-state index >= 15 is 0 Å². The highest BCUT2D eigenvalue weighted by Gasteiger charge is 2.16. The van der Waals surface area contributed by atoms with Gasteiger partial charge in [0.05, 0.1) is 5.02 Å². The van der Waals surface area contributed by atoms with E-state index in [1.807, 2.05) is 0 Å². The lowest BCUT2D eigenvalue weighted by Gasteiger charge is -2.09. The van der Waals surface area contributed by atoms with Gasteiger partial charge < -0.3 is 14.9 Å². The zero-order chi connectivity index (χ0) is 18.1. The molecular formula is C17H22Cl2O5. The quantitative estimate of drug-likeness (QED) is 0.726. The number of carbonyl (C=O) groups is 2. The summed E-state index contributed by atoms with van der Waals surface area (Å²) in [5.41, 5.74) is 0.307. The molecule has 1 aromatic rings. The summed E-state index contributed by atoms with van der Waals surface area (Å²) in [7, 11) is 0. The first-order valence-corrected chi connectivity index (χ1v) is 8.62. The summed E-state index contributed by atoms with van der Waals surface area (Å²) >= 11 is 11.8. The van der Waals surface area contributed by atoms with Crippen molar-refractivity contribution < 1.29 is 24.5 Å². The molecule has 0 saturated heterocycles. The van der Waals surface area contributed by atoms with Gasteiger partial charge in [0.15, 0.2) is 12.4 Å². The van der Waals surface area contributed by atoms with Crippen molar-refractivity contribution in [3.8, 4) is 5.75 Å². The SMILES string of the molecule is CCC(=O)c1ccc(OCC(=O)O)c(Cl)c1Cl.OCC1CCCC1. The summed E-state index contributed by atoms with van der Waals surface area (Å²) in [5.74, 6) is -0.459. The maximum absolute atomic E-state index is 11.5. The van der Waals surface area contributed by atoms with Gasteiger partial charge in [-0.05, 0) is 30.9 Å². The van der Waals surface area contributed by atoms with Crippen molar-refractivity contribution in [2.45, 2.75) is 39.0 Å². The van der Waals surface area contributed by atoms with Crippen molar-refractivity contribution in [1.29, 1.82) is 0 Å². The molecule has 0 spiro atoms. The number of aliphatic hydroxyl groups is 1. The largest absolute Gasteiger partial charge is 0.480 e. The van der Waals surface area contributed by atoms with Crippen LogP contribution in [0.15, 0.2) is 12.1 Å². The summed E-state index contributed by atoms with van der Waals surface area (Å²) in [5, 5.41) is 17.2. The number of halogens is 2. The maximum atomic E-state index is 11.5. The van der Waals surface area contributed by atoms with E-state index in [9.17, 15) is 9.59 Å². The highest BCUT2D eigenvalue weighted by molar-refractivity contribution is 6.44. The van der Waals surface area contributed by atoms with E-state index in [0.29, 0.717) is 24.5 Å². The van der Waals surface area contributed by atoms with E-state index in [2.05, 4.69) is 0 Å². The third kappa shape index (κ3) is 6.30. The molecule has 2 N–H and O–H groups in total. The van der Waals surface area contributed by atoms with Gasteiger partial charge in [-0.25, -0.2) is 4.79 Å². The molecule has 0 radical (unpaired) electrons. The number of aliphatic carboxylic acids is 1. The Labute approximate surface area is 151 Å². The van der Waals surface area contributed by atoms with Crippen LogP contribution in [0, 0.1) is 5.92 Å². The lowest BCUT2D eigenvalue weighted by atomic mass is 10.1. The Morgan fingerprint density at radius 2 is 1.83 bits per heavy atom. The van der Waals surface area contributed by atoms with E-state index in [1.54, 1.807) is 6.92 Å². The Morgan fingerprint density at radius 3 is 2.29 bits per heavy atom. The van der Waals surface area contributed by atoms with Gasteiger partial charge >= 0.3 is 5.97 Å². The molecule has 0 atom stereocenters. The summed E-state index contributed by atoms with van der Waals surface area (Å²) < 4.78 is 4.92. The van der Waals surface area contributed by atoms with E-state index in [0.717, 1.165) is 0 Å². The molecule has 1 aliphatic rings. The first kappa shape index (κ1) is 20.7. The zero-order valence-corrected chi connectivity index (χ0v) is 15.1. The molecule has 0 amide bonds. The molecule has 2 rings (SSSR count). The van der Waals surface area contributed by atoms with E-state index in [-0.39, 0.29) is 21.6 Å². The number of Topliss-reactive ketones (excluding diaryl/α,β-unsaturated/α-hetero) is 1. The Balaban J connectivity index is 0.000000341. The highest BCUT2D eigenvalue weighted by Crippen LogP contribution is 2.35. The van der Waals surface area contributed by atoms with Gasteiger partial charge in [0.25, 0.3) is 0 Å². The van der Waals surface area contributed by atoms with Crippen LogP contribution in [0.4, 0.5) is 0 Å². The average Bonchev–Trinajstić information content (AvgIpc) is 3.09. The molecule has 1 aliphatic carbocycles. The second-order valence-electron chi connectivity index (χ2n) is 5.53. The molecule has 0 bridgehead atoms. The van der Waals surface area contributed by atoms with Gasteiger partial charge in [0.2, 0.25) is 0 Å². The lowest BCUT2D eigenvalue weighted by molar-refractivity contribution is -0.139. The normalized spacial score (nSPS) is 14.0. The second kappa shape index (κ2) is 10.5. The average molecular weight is 377 g/mol. The Hall–Kier alpha value is -1.30. The van der Waals surface area contributed by atoms with E-state index in [1.165, 1.54) is 37.8 Å². The summed E-state index contributed by atoms with van der Waals surface area (Å²) in [4.78, 5) is 21.8. The number of hydrogen-bond acceptors (Lipinski definition) is 4. The lowest BCUT2D eigenvalue weighted by Crippen LogP contribution is -2.10. The van der Waals surface area contributed by atoms with Gasteiger partial charge in [-0.3, -0.25) is 4.79 Å². The number of ketones is 1. The highest BCUT2D eigenvalue weighted by atomic mass is 35.5. The number of carboxylic acid groups (broad SMARTS) is 1. The van der Waals surface area contributed by atoms with Crippen molar-refractivity contribution in [2.24, 2.45) is 5.92 Å². The van der Waals surface area contributed by atoms with Crippen LogP contribution >= 0.6 is 23.2 Å². The molecule has 24 heavy (non-hydrogen) atoms. The van der Waals surface area contributed by atoms with E-state index in [4.69, 9.17) is 38.2 Å². The number of aliphatic hydroxyl groups excluding tert-OH is 1. The maximum Gasteiger partial charge on any atom is 0.341 e. The summed E-state index contributed by atoms with van der Waals surface area (Å²) in [6, 6.07) is 2.90. The van der Waals surface area contributed by atoms with Crippen LogP contribution in [0.3, 0.4) is 0 Å². The van der Waals surface area contributed by atoms with Crippen molar-refractivity contribution in [3.63, 3.8) is 0 Å². The minimum Gasteiger partial charge on any atom is -0.480 e. The van der Waals surface area contributed by atoms with Crippen LogP contribution in [0.1, 0.15) is 49.4 Å². The second-order valence-corrected chi connectivity index (χ2v) is 6.29. The van der Waals surface area contributed by atoms with Crippen LogP contribution in [0.5, 0.6) is 5.75 Å². The van der Waals surface area contributed by atoms with Crippen molar-refractivity contribution >= 4 is 35.0 Å². The number of carboxylic acids is 1. The number of rotatable bonds is 6. The predicted molar refractivity (Wildman–Crippen MR) is 93.3 cm³/mol. The number of carbonyl (C=O) groups excluding carboxylic acids is 1. The molecule has 5 nitrogen and oxygen atoms in total. The van der Waals surface area contributed by atoms with Gasteiger partial charge in [-0.1, -0.05) is 43.0 Å². The summed E-state index contributed by atoms with van der Waals surface area (Å²) in [6.45, 7) is 1.61. The molecule has 0 heterocycles. The fraction of sp³-hybridized carbons (Fsp3) is 0.529. The van der Waals surface area contributed by atoms with Gasteiger partial charge in [-0.2, -0.15) is 0 Å². The minimum absolute atomic E-state index is 0.0483. The van der Waals surface area contributed by atoms with Crippen LogP contribution < -0.4 is 4.74 Å². The predicted octanol–water partition coefficient (Wildman–Crippen LogP) is 4.22. The van der Waals surface area contributed by atoms with Crippen molar-refractivity contribution in [2.75, 3.05) is 13.2 Å². The Morgan fingerprint density at radius 1 is 1.21 bits per heavy atom. The molecule has 1 saturated carbocycles. The molecule has 7 heteroatoms. The number of benzene rings is 1. The Kier molecular flexibility index (Phi) is 9.11. The number of ether oxygens (including phenoxy) is 1. The molecule has 0 aromatic heterocycles. The molecule has 0 unspecified atom stereocenters. The van der Waals surface area contributed by atoms with Crippen molar-refractivity contribution in [3.05, 3.63) is 27.7 Å². The van der Waals surface area contributed by atoms with Gasteiger partial charge in [0.1, 0.15) is 10.8 Å². The standard InChI is InChI=1S/C11H10Cl2O4.C6H12O/c1-2-7(14)6-3-4-8(11(13)10(6)12)17-5-9(15)16;7-5-6-3-1-2-4-6/h3-4H,2,5H2,1H3,(H,15,16);6-7H,1-5H2. The first-order chi connectivity index (χ1) is 11.4. The fourth-order valence-corrected chi connectivity index (χ4v) is 2.86. The summed E-state index contributed by atoms with van der Waals surface area (Å²) in [6.07, 6.45) is 5.51. The van der Waals surface area contributed by atoms with Crippen LogP contribution in [-0.2, 0) is 4.79 Å². The van der Waals surface area contributed by atoms with Crippen LogP contribution in [0.25, 0.3) is 0 Å². The fourth-order valence-electron chi connectivity index (χ4n) is 2.38. The van der Waals surface area contributed by atoms with E-state index < -0.39 is 12.6 Å². The van der Waals surface area contributed by atoms with Gasteiger partial charge in [-0.15, -0.1) is 0 Å². The number of hydrogen-bond donors (Lipinski definition) is 2. The van der Waals surface area contributed by atoms with Crippen LogP contribution in [-0.4, -0.2) is 35.2 Å². The monoisotopic (exact) mass is 376 g/mol. The molecule has 1 fully saturated rings. The topological polar surface area (TPSA) is 83.8 Å². The molecule has 134 valence electrons. The van der Waals surface area contributed by atoms with Crippen molar-refractivity contribution in [1.82, 2.24) is 0 Å². The third-order valence-corrected chi connectivity index (χ3v) is 4.62. The first-order valence-electron chi connectivity index (χ1n) is 7.87. The zero-order valence-electron chi connectivity index (χ0n) is 13.6. The smallest absolute Gasteiger partial charge is 0.341 e. The third-order valence-electron chi connectivity index (χ3n) is 3.75. The van der Waals surface area contributed by atoms with Crippen LogP contribution in [0.2, 0.25) is 10.0 Å². The molecular weight excluding hydrogens is 355 g/mol. The van der Waals surface area contributed by atoms with Gasteiger partial charge in [0, 0.05) is 18.6 Å². The molecule has 0 aliphatic heterocycles. The minimum atomic E-state index is -1.12.